The molecule has 4 heteroatoms. The highest BCUT2D eigenvalue weighted by molar-refractivity contribution is 14.1. The van der Waals surface area contributed by atoms with Crippen molar-refractivity contribution in [2.24, 2.45) is 0 Å². The molecule has 2 rings (SSSR count). The quantitative estimate of drug-likeness (QED) is 0.645. The topological polar surface area (TPSA) is 46.2 Å². The highest BCUT2D eigenvalue weighted by Gasteiger charge is 2.02. The number of phenols is 1. The van der Waals surface area contributed by atoms with Gasteiger partial charge in [-0.15, -0.1) is 0 Å². The van der Waals surface area contributed by atoms with Gasteiger partial charge in [-0.2, -0.15) is 0 Å². The number of nitrogens with two attached hydrogens (primary N) is 1. The summed E-state index contributed by atoms with van der Waals surface area (Å²) < 4.78 is 1.13. The van der Waals surface area contributed by atoms with E-state index in [1.807, 2.05) is 30.3 Å². The number of aromatic hydroxyl groups is 1. The second kappa shape index (κ2) is 4.97. The Bertz CT molecular complexity index is 499. The molecule has 82 valence electrons. The minimum Gasteiger partial charge on any atom is -0.508 e. The van der Waals surface area contributed by atoms with E-state index in [0.717, 1.165) is 14.2 Å². The lowest BCUT2D eigenvalue weighted by Gasteiger charge is -2.05. The van der Waals surface area contributed by atoms with E-state index in [1.54, 1.807) is 23.9 Å². The van der Waals surface area contributed by atoms with Crippen molar-refractivity contribution in [3.63, 3.8) is 0 Å². The number of hydrogen-bond donors (Lipinski definition) is 2. The molecule has 0 aliphatic rings. The molecule has 3 N–H and O–H groups in total. The fourth-order valence-electron chi connectivity index (χ4n) is 1.24. The minimum atomic E-state index is 0.288. The third kappa shape index (κ3) is 2.82. The van der Waals surface area contributed by atoms with Crippen LogP contribution in [0.3, 0.4) is 0 Å². The van der Waals surface area contributed by atoms with Crippen LogP contribution in [-0.2, 0) is 0 Å². The maximum Gasteiger partial charge on any atom is 0.115 e. The number of halogens is 1. The van der Waals surface area contributed by atoms with Crippen LogP contribution in [0.2, 0.25) is 0 Å². The van der Waals surface area contributed by atoms with Crippen LogP contribution in [0.15, 0.2) is 52.3 Å². The molecule has 0 fully saturated rings. The van der Waals surface area contributed by atoms with Gasteiger partial charge in [-0.1, -0.05) is 11.8 Å². The van der Waals surface area contributed by atoms with Crippen LogP contribution in [0, 0.1) is 3.57 Å². The van der Waals surface area contributed by atoms with E-state index in [4.69, 9.17) is 5.73 Å². The molecular weight excluding hydrogens is 333 g/mol. The van der Waals surface area contributed by atoms with Gasteiger partial charge in [0, 0.05) is 19.0 Å². The molecule has 0 saturated carbocycles. The molecule has 2 aromatic carbocycles. The lowest BCUT2D eigenvalue weighted by atomic mass is 10.3. The summed E-state index contributed by atoms with van der Waals surface area (Å²) >= 11 is 3.93. The van der Waals surface area contributed by atoms with Crippen LogP contribution in [-0.4, -0.2) is 5.11 Å². The average Bonchev–Trinajstić information content (AvgIpc) is 2.25. The zero-order chi connectivity index (χ0) is 11.5. The smallest absolute Gasteiger partial charge is 0.115 e. The molecule has 0 atom stereocenters. The summed E-state index contributed by atoms with van der Waals surface area (Å²) in [6.45, 7) is 0. The van der Waals surface area contributed by atoms with E-state index in [0.29, 0.717) is 0 Å². The highest BCUT2D eigenvalue weighted by Crippen LogP contribution is 2.32. The van der Waals surface area contributed by atoms with Gasteiger partial charge in [-0.3, -0.25) is 0 Å². The third-order valence-electron chi connectivity index (χ3n) is 2.02. The van der Waals surface area contributed by atoms with Crippen molar-refractivity contribution < 1.29 is 5.11 Å². The van der Waals surface area contributed by atoms with Crippen LogP contribution >= 0.6 is 34.4 Å². The second-order valence-electron chi connectivity index (χ2n) is 3.29. The van der Waals surface area contributed by atoms with Crippen LogP contribution in [0.5, 0.6) is 5.75 Å². The fourth-order valence-corrected chi connectivity index (χ4v) is 2.93. The van der Waals surface area contributed by atoms with Crippen molar-refractivity contribution in [3.05, 3.63) is 46.0 Å². The lowest BCUT2D eigenvalue weighted by molar-refractivity contribution is 0.475. The maximum atomic E-state index is 9.19. The Labute approximate surface area is 112 Å². The Morgan fingerprint density at radius 2 is 1.75 bits per heavy atom. The van der Waals surface area contributed by atoms with E-state index in [2.05, 4.69) is 22.6 Å². The van der Waals surface area contributed by atoms with Gasteiger partial charge in [-0.25, -0.2) is 0 Å². The van der Waals surface area contributed by atoms with E-state index >= 15 is 0 Å². The second-order valence-corrected chi connectivity index (χ2v) is 5.56. The van der Waals surface area contributed by atoms with E-state index in [-0.39, 0.29) is 5.75 Å². The van der Waals surface area contributed by atoms with Crippen molar-refractivity contribution in [3.8, 4) is 5.75 Å². The maximum absolute atomic E-state index is 9.19. The van der Waals surface area contributed by atoms with Crippen LogP contribution in [0.25, 0.3) is 0 Å². The summed E-state index contributed by atoms with van der Waals surface area (Å²) in [5.74, 6) is 0.288. The van der Waals surface area contributed by atoms with Crippen LogP contribution in [0.1, 0.15) is 0 Å². The number of rotatable bonds is 2. The van der Waals surface area contributed by atoms with Crippen LogP contribution < -0.4 is 5.73 Å². The van der Waals surface area contributed by atoms with Gasteiger partial charge in [0.05, 0.1) is 0 Å². The fraction of sp³-hybridized carbons (Fsp3) is 0. The summed E-state index contributed by atoms with van der Waals surface area (Å²) in [5, 5.41) is 9.19. The molecule has 0 heterocycles. The molecule has 0 unspecified atom stereocenters. The average molecular weight is 343 g/mol. The predicted molar refractivity (Wildman–Crippen MR) is 75.8 cm³/mol. The first kappa shape index (κ1) is 11.6. The summed E-state index contributed by atoms with van der Waals surface area (Å²) in [6.07, 6.45) is 0. The zero-order valence-electron chi connectivity index (χ0n) is 8.35. The standard InChI is InChI=1S/C12H10INOS/c13-11-7-8(14)1-6-12(11)16-10-4-2-9(15)3-5-10/h1-7,15H,14H2. The summed E-state index contributed by atoms with van der Waals surface area (Å²) in [7, 11) is 0. The molecule has 0 aromatic heterocycles. The Hall–Kier alpha value is -0.880. The predicted octanol–water partition coefficient (Wildman–Crippen LogP) is 3.73. The SMILES string of the molecule is Nc1ccc(Sc2ccc(O)cc2)c(I)c1. The first-order valence-corrected chi connectivity index (χ1v) is 6.56. The van der Waals surface area contributed by atoms with Gasteiger partial charge in [0.25, 0.3) is 0 Å². The lowest BCUT2D eigenvalue weighted by Crippen LogP contribution is -1.86. The van der Waals surface area contributed by atoms with Crippen molar-refractivity contribution >= 4 is 40.0 Å². The molecular formula is C12H10INOS. The van der Waals surface area contributed by atoms with Gasteiger partial charge in [0.2, 0.25) is 0 Å². The normalized spacial score (nSPS) is 10.3. The van der Waals surface area contributed by atoms with Crippen molar-refractivity contribution in [1.82, 2.24) is 0 Å². The van der Waals surface area contributed by atoms with Crippen molar-refractivity contribution in [1.29, 1.82) is 0 Å². The zero-order valence-corrected chi connectivity index (χ0v) is 11.3. The highest BCUT2D eigenvalue weighted by atomic mass is 127. The number of anilines is 1. The van der Waals surface area contributed by atoms with Crippen LogP contribution in [0.4, 0.5) is 5.69 Å². The minimum absolute atomic E-state index is 0.288. The Morgan fingerprint density at radius 1 is 1.06 bits per heavy atom. The number of benzene rings is 2. The first-order chi connectivity index (χ1) is 7.65. The summed E-state index contributed by atoms with van der Waals surface area (Å²) in [5.41, 5.74) is 6.47. The summed E-state index contributed by atoms with van der Waals surface area (Å²) in [6, 6.07) is 13.0. The monoisotopic (exact) mass is 343 g/mol. The molecule has 0 amide bonds. The first-order valence-electron chi connectivity index (χ1n) is 4.67. The Morgan fingerprint density at radius 3 is 2.38 bits per heavy atom. The molecule has 0 radical (unpaired) electrons. The van der Waals surface area contributed by atoms with E-state index < -0.39 is 0 Å². The van der Waals surface area contributed by atoms with Crippen molar-refractivity contribution in [2.75, 3.05) is 5.73 Å². The molecule has 16 heavy (non-hydrogen) atoms. The van der Waals surface area contributed by atoms with Crippen molar-refractivity contribution in [2.45, 2.75) is 9.79 Å². The molecule has 0 saturated heterocycles. The molecule has 2 aromatic rings. The molecule has 0 bridgehead atoms. The molecule has 2 nitrogen and oxygen atoms in total. The van der Waals surface area contributed by atoms with Gasteiger partial charge >= 0.3 is 0 Å². The summed E-state index contributed by atoms with van der Waals surface area (Å²) in [4.78, 5) is 2.26. The molecule has 0 aliphatic heterocycles. The number of hydrogen-bond acceptors (Lipinski definition) is 3. The number of phenolic OH excluding ortho intramolecular Hbond substituents is 1. The third-order valence-corrected chi connectivity index (χ3v) is 4.36. The Kier molecular flexibility index (Phi) is 3.60. The van der Waals surface area contributed by atoms with Gasteiger partial charge in [-0.05, 0) is 65.1 Å². The number of nitrogen functional groups attached to an aromatic ring is 1. The van der Waals surface area contributed by atoms with Gasteiger partial charge < -0.3 is 10.8 Å². The van der Waals surface area contributed by atoms with E-state index in [9.17, 15) is 5.11 Å². The Balaban J connectivity index is 2.23. The molecule has 0 aliphatic carbocycles. The van der Waals surface area contributed by atoms with Gasteiger partial charge in [0.15, 0.2) is 0 Å². The van der Waals surface area contributed by atoms with E-state index in [1.165, 1.54) is 4.90 Å². The van der Waals surface area contributed by atoms with Gasteiger partial charge in [0.1, 0.15) is 5.75 Å². The largest absolute Gasteiger partial charge is 0.508 e. The molecule has 0 spiro atoms.